The number of benzene rings is 1. The second kappa shape index (κ2) is 7.83. The van der Waals surface area contributed by atoms with Crippen LogP contribution in [0.2, 0.25) is 0 Å². The lowest BCUT2D eigenvalue weighted by molar-refractivity contribution is -0.384. The Hall–Kier alpha value is -3.17. The molecule has 2 aliphatic rings. The maximum absolute atomic E-state index is 12.4. The van der Waals surface area contributed by atoms with E-state index in [1.54, 1.807) is 0 Å². The largest absolute Gasteiger partial charge is 0.482 e. The van der Waals surface area contributed by atoms with Gasteiger partial charge in [-0.2, -0.15) is 0 Å². The molecule has 0 atom stereocenters. The van der Waals surface area contributed by atoms with Crippen molar-refractivity contribution in [2.45, 2.75) is 32.1 Å². The number of ether oxygens (including phenoxy) is 1. The Bertz CT molecular complexity index is 817. The first kappa shape index (κ1) is 19.6. The highest BCUT2D eigenvalue weighted by Gasteiger charge is 2.40. The van der Waals surface area contributed by atoms with Gasteiger partial charge in [0.2, 0.25) is 5.91 Å². The van der Waals surface area contributed by atoms with Crippen LogP contribution < -0.4 is 15.0 Å². The molecule has 10 nitrogen and oxygen atoms in total. The molecule has 0 bridgehead atoms. The molecule has 0 saturated heterocycles. The van der Waals surface area contributed by atoms with Crippen LogP contribution in [0.3, 0.4) is 0 Å². The summed E-state index contributed by atoms with van der Waals surface area (Å²) >= 11 is 0. The lowest BCUT2D eigenvalue weighted by Gasteiger charge is -2.34. The summed E-state index contributed by atoms with van der Waals surface area (Å²) in [5.41, 5.74) is -1.07. The van der Waals surface area contributed by atoms with Crippen molar-refractivity contribution < 1.29 is 29.2 Å². The van der Waals surface area contributed by atoms with Crippen molar-refractivity contribution in [3.8, 4) is 5.75 Å². The van der Waals surface area contributed by atoms with E-state index in [1.807, 2.05) is 0 Å². The average molecular weight is 391 g/mol. The van der Waals surface area contributed by atoms with Gasteiger partial charge in [0, 0.05) is 18.7 Å². The van der Waals surface area contributed by atoms with Crippen molar-refractivity contribution in [1.29, 1.82) is 0 Å². The highest BCUT2D eigenvalue weighted by Crippen LogP contribution is 2.37. The number of nitro groups is 1. The number of anilines is 1. The Balaban J connectivity index is 1.72. The second-order valence-electron chi connectivity index (χ2n) is 7.10. The van der Waals surface area contributed by atoms with E-state index in [0.29, 0.717) is 12.8 Å². The number of amides is 2. The van der Waals surface area contributed by atoms with Crippen LogP contribution in [0, 0.1) is 15.5 Å². The van der Waals surface area contributed by atoms with E-state index in [2.05, 4.69) is 5.32 Å². The molecule has 10 heteroatoms. The lowest BCUT2D eigenvalue weighted by atomic mass is 9.74. The second-order valence-corrected chi connectivity index (χ2v) is 7.10. The quantitative estimate of drug-likeness (QED) is 0.553. The molecule has 1 aliphatic carbocycles. The molecule has 1 saturated carbocycles. The third kappa shape index (κ3) is 3.90. The maximum Gasteiger partial charge on any atom is 0.311 e. The molecular weight excluding hydrogens is 370 g/mol. The third-order valence-corrected chi connectivity index (χ3v) is 5.29. The number of nitrogens with one attached hydrogen (secondary N) is 1. The molecule has 0 radical (unpaired) electrons. The van der Waals surface area contributed by atoms with E-state index in [4.69, 9.17) is 4.74 Å². The first-order valence-electron chi connectivity index (χ1n) is 9.04. The van der Waals surface area contributed by atoms with Gasteiger partial charge in [-0.05, 0) is 18.9 Å². The highest BCUT2D eigenvalue weighted by atomic mass is 16.6. The summed E-state index contributed by atoms with van der Waals surface area (Å²) in [6.07, 6.45) is 3.55. The first-order chi connectivity index (χ1) is 13.3. The van der Waals surface area contributed by atoms with Gasteiger partial charge in [-0.1, -0.05) is 19.3 Å². The number of nitrogens with zero attached hydrogens (tertiary/aromatic N) is 2. The zero-order valence-corrected chi connectivity index (χ0v) is 15.2. The molecule has 1 aromatic carbocycles. The number of aliphatic carboxylic acids is 1. The molecule has 0 aromatic heterocycles. The summed E-state index contributed by atoms with van der Waals surface area (Å²) in [4.78, 5) is 47.8. The van der Waals surface area contributed by atoms with Gasteiger partial charge in [0.05, 0.1) is 16.0 Å². The smallest absolute Gasteiger partial charge is 0.311 e. The molecule has 1 aliphatic heterocycles. The number of carbonyl (C=O) groups excluding carboxylic acids is 2. The summed E-state index contributed by atoms with van der Waals surface area (Å²) in [6.45, 7) is -0.662. The van der Waals surface area contributed by atoms with E-state index in [9.17, 15) is 29.6 Å². The minimum atomic E-state index is -0.986. The molecular formula is C18H21N3O7. The Morgan fingerprint density at radius 3 is 2.64 bits per heavy atom. The minimum absolute atomic E-state index is 0.0124. The molecule has 1 aromatic rings. The number of carbonyl (C=O) groups is 3. The number of fused-ring (bicyclic) bond motifs is 1. The topological polar surface area (TPSA) is 139 Å². The molecule has 2 N–H and O–H groups in total. The zero-order chi connectivity index (χ0) is 20.3. The summed E-state index contributed by atoms with van der Waals surface area (Å²) in [5, 5.41) is 23.2. The van der Waals surface area contributed by atoms with Gasteiger partial charge in [-0.3, -0.25) is 29.4 Å². The Labute approximate surface area is 160 Å². The van der Waals surface area contributed by atoms with E-state index in [-0.39, 0.29) is 36.8 Å². The van der Waals surface area contributed by atoms with Crippen LogP contribution in [-0.4, -0.2) is 47.5 Å². The van der Waals surface area contributed by atoms with Crippen LogP contribution in [0.25, 0.3) is 0 Å². The van der Waals surface area contributed by atoms with Gasteiger partial charge in [0.1, 0.15) is 12.3 Å². The molecule has 1 heterocycles. The zero-order valence-electron chi connectivity index (χ0n) is 15.2. The number of non-ortho nitro benzene ring substituents is 1. The van der Waals surface area contributed by atoms with Crippen LogP contribution in [-0.2, 0) is 14.4 Å². The minimum Gasteiger partial charge on any atom is -0.482 e. The Morgan fingerprint density at radius 1 is 1.29 bits per heavy atom. The molecule has 1 fully saturated rings. The van der Waals surface area contributed by atoms with E-state index >= 15 is 0 Å². The van der Waals surface area contributed by atoms with Gasteiger partial charge in [0.25, 0.3) is 11.6 Å². The number of nitro benzene ring substituents is 1. The van der Waals surface area contributed by atoms with Crippen LogP contribution in [0.15, 0.2) is 18.2 Å². The molecule has 0 spiro atoms. The summed E-state index contributed by atoms with van der Waals surface area (Å²) in [6, 6.07) is 3.82. The molecule has 28 heavy (non-hydrogen) atoms. The summed E-state index contributed by atoms with van der Waals surface area (Å²) in [7, 11) is 0. The maximum atomic E-state index is 12.4. The summed E-state index contributed by atoms with van der Waals surface area (Å²) < 4.78 is 5.26. The van der Waals surface area contributed by atoms with Gasteiger partial charge in [-0.25, -0.2) is 0 Å². The fraction of sp³-hybridized carbons (Fsp3) is 0.500. The van der Waals surface area contributed by atoms with Gasteiger partial charge < -0.3 is 15.2 Å². The van der Waals surface area contributed by atoms with Crippen molar-refractivity contribution in [3.63, 3.8) is 0 Å². The standard InChI is InChI=1S/C18H21N3O7/c22-15(19-11-18(17(24)25)6-2-1-3-7-18)9-20-13-8-12(21(26)27)4-5-14(13)28-10-16(20)23/h4-5,8H,1-3,6-7,9-11H2,(H,19,22)(H,24,25). The fourth-order valence-electron chi connectivity index (χ4n) is 3.64. The Kier molecular flexibility index (Phi) is 5.48. The van der Waals surface area contributed by atoms with Crippen LogP contribution in [0.5, 0.6) is 5.75 Å². The van der Waals surface area contributed by atoms with Gasteiger partial charge >= 0.3 is 5.97 Å². The predicted octanol–water partition coefficient (Wildman–Crippen LogP) is 1.47. The van der Waals surface area contributed by atoms with Crippen molar-refractivity contribution in [3.05, 3.63) is 28.3 Å². The van der Waals surface area contributed by atoms with Gasteiger partial charge in [0.15, 0.2) is 6.61 Å². The fourth-order valence-corrected chi connectivity index (χ4v) is 3.64. The van der Waals surface area contributed by atoms with E-state index < -0.39 is 28.1 Å². The Morgan fingerprint density at radius 2 is 2.00 bits per heavy atom. The molecule has 150 valence electrons. The predicted molar refractivity (Wildman–Crippen MR) is 97.1 cm³/mol. The lowest BCUT2D eigenvalue weighted by Crippen LogP contribution is -2.49. The normalized spacial score (nSPS) is 18.0. The number of carboxylic acid groups (broad SMARTS) is 1. The molecule has 2 amide bonds. The van der Waals surface area contributed by atoms with Crippen molar-refractivity contribution >= 4 is 29.2 Å². The van der Waals surface area contributed by atoms with Crippen LogP contribution in [0.4, 0.5) is 11.4 Å². The molecule has 3 rings (SSSR count). The number of hydrogen-bond donors (Lipinski definition) is 2. The van der Waals surface area contributed by atoms with Gasteiger partial charge in [-0.15, -0.1) is 0 Å². The van der Waals surface area contributed by atoms with Crippen molar-refractivity contribution in [2.75, 3.05) is 24.6 Å². The third-order valence-electron chi connectivity index (χ3n) is 5.29. The SMILES string of the molecule is O=C(CN1C(=O)COc2ccc([N+](=O)[O-])cc21)NCC1(C(=O)O)CCCCC1. The monoisotopic (exact) mass is 391 g/mol. The first-order valence-corrected chi connectivity index (χ1v) is 9.04. The average Bonchev–Trinajstić information content (AvgIpc) is 2.68. The van der Waals surface area contributed by atoms with E-state index in [0.717, 1.165) is 24.2 Å². The van der Waals surface area contributed by atoms with Crippen molar-refractivity contribution in [2.24, 2.45) is 5.41 Å². The summed E-state index contributed by atoms with van der Waals surface area (Å²) in [5.74, 6) is -1.70. The number of carboxylic acids is 1. The van der Waals surface area contributed by atoms with E-state index in [1.165, 1.54) is 18.2 Å². The highest BCUT2D eigenvalue weighted by molar-refractivity contribution is 6.02. The van der Waals surface area contributed by atoms with Crippen molar-refractivity contribution in [1.82, 2.24) is 5.32 Å². The van der Waals surface area contributed by atoms with Crippen LogP contribution >= 0.6 is 0 Å². The van der Waals surface area contributed by atoms with Crippen LogP contribution in [0.1, 0.15) is 32.1 Å². The molecule has 0 unspecified atom stereocenters. The number of hydrogen-bond acceptors (Lipinski definition) is 6. The number of rotatable bonds is 6.